The Balaban J connectivity index is 1.75. The Morgan fingerprint density at radius 1 is 1.03 bits per heavy atom. The third-order valence-corrected chi connectivity index (χ3v) is 6.39. The van der Waals surface area contributed by atoms with Crippen molar-refractivity contribution >= 4 is 34.2 Å². The Labute approximate surface area is 219 Å². The molecular weight excluding hydrogens is 494 g/mol. The molecule has 4 rings (SSSR count). The quantitative estimate of drug-likeness (QED) is 0.282. The van der Waals surface area contributed by atoms with Gasteiger partial charge in [0.25, 0.3) is 5.91 Å². The van der Waals surface area contributed by atoms with E-state index in [9.17, 15) is 9.59 Å². The van der Waals surface area contributed by atoms with Crippen molar-refractivity contribution in [1.29, 1.82) is 0 Å². The Morgan fingerprint density at radius 3 is 2.46 bits per heavy atom. The maximum Gasteiger partial charge on any atom is 0.262 e. The summed E-state index contributed by atoms with van der Waals surface area (Å²) in [7, 11) is 3.05. The number of ether oxygens (including phenoxy) is 3. The fraction of sp³-hybridized carbons (Fsp3) is 0.241. The predicted molar refractivity (Wildman–Crippen MR) is 145 cm³/mol. The van der Waals surface area contributed by atoms with Gasteiger partial charge in [-0.3, -0.25) is 9.59 Å². The zero-order valence-electron chi connectivity index (χ0n) is 21.3. The van der Waals surface area contributed by atoms with Gasteiger partial charge in [-0.15, -0.1) is 0 Å². The molecule has 0 bridgehead atoms. The van der Waals surface area contributed by atoms with Crippen LogP contribution in [0, 0.1) is 6.92 Å². The van der Waals surface area contributed by atoms with E-state index in [-0.39, 0.29) is 22.8 Å². The lowest BCUT2D eigenvalue weighted by Gasteiger charge is -2.15. The minimum absolute atomic E-state index is 0.105. The molecule has 1 amide bonds. The Hall–Kier alpha value is -3.97. The molecule has 0 aliphatic heterocycles. The highest BCUT2D eigenvalue weighted by Crippen LogP contribution is 2.37. The number of rotatable bonds is 8. The lowest BCUT2D eigenvalue weighted by molar-refractivity contribution is -0.118. The summed E-state index contributed by atoms with van der Waals surface area (Å²) >= 11 is 6.28. The number of anilines is 1. The van der Waals surface area contributed by atoms with Gasteiger partial charge in [-0.25, -0.2) is 0 Å². The van der Waals surface area contributed by atoms with Crippen LogP contribution in [0.3, 0.4) is 0 Å². The van der Waals surface area contributed by atoms with Gasteiger partial charge in [0.15, 0.2) is 23.9 Å². The van der Waals surface area contributed by atoms with E-state index in [2.05, 4.69) is 5.32 Å². The summed E-state index contributed by atoms with van der Waals surface area (Å²) in [6, 6.07) is 15.9. The molecule has 8 heteroatoms. The number of nitrogens with one attached hydrogen (secondary N) is 1. The van der Waals surface area contributed by atoms with Gasteiger partial charge in [-0.1, -0.05) is 43.6 Å². The fourth-order valence-corrected chi connectivity index (χ4v) is 4.20. The van der Waals surface area contributed by atoms with Crippen LogP contribution < -0.4 is 25.0 Å². The van der Waals surface area contributed by atoms with E-state index < -0.39 is 17.9 Å². The molecule has 0 saturated heterocycles. The van der Waals surface area contributed by atoms with Crippen molar-refractivity contribution in [3.8, 4) is 28.6 Å². The number of benzene rings is 3. The van der Waals surface area contributed by atoms with E-state index in [1.54, 1.807) is 30.3 Å². The van der Waals surface area contributed by atoms with Gasteiger partial charge >= 0.3 is 0 Å². The van der Waals surface area contributed by atoms with E-state index in [0.717, 1.165) is 11.1 Å². The number of carbonyl (C=O) groups is 1. The number of hydrogen-bond donors (Lipinski definition) is 1. The number of para-hydroxylation sites is 1. The highest BCUT2D eigenvalue weighted by Gasteiger charge is 2.21. The molecule has 0 saturated carbocycles. The fourth-order valence-electron chi connectivity index (χ4n) is 4.04. The van der Waals surface area contributed by atoms with Crippen molar-refractivity contribution in [1.82, 2.24) is 0 Å². The third-order valence-electron chi connectivity index (χ3n) is 5.98. The molecule has 4 aromatic rings. The molecule has 192 valence electrons. The molecule has 1 N–H and O–H groups in total. The Bertz CT molecular complexity index is 1530. The summed E-state index contributed by atoms with van der Waals surface area (Å²) in [6.45, 7) is 5.51. The number of halogens is 1. The van der Waals surface area contributed by atoms with Crippen LogP contribution in [0.4, 0.5) is 5.69 Å². The molecule has 7 nitrogen and oxygen atoms in total. The molecular formula is C29H28ClNO6. The van der Waals surface area contributed by atoms with Gasteiger partial charge in [0.2, 0.25) is 11.2 Å². The molecule has 0 aliphatic rings. The number of aryl methyl sites for hydroxylation is 1. The van der Waals surface area contributed by atoms with Crippen LogP contribution in [0.1, 0.15) is 30.9 Å². The largest absolute Gasteiger partial charge is 0.493 e. The van der Waals surface area contributed by atoms with E-state index in [1.165, 1.54) is 14.2 Å². The van der Waals surface area contributed by atoms with Crippen molar-refractivity contribution in [2.45, 2.75) is 26.7 Å². The summed E-state index contributed by atoms with van der Waals surface area (Å²) in [6.07, 6.45) is 0. The first-order chi connectivity index (χ1) is 17.7. The highest BCUT2D eigenvalue weighted by atomic mass is 35.5. The molecule has 37 heavy (non-hydrogen) atoms. The normalized spacial score (nSPS) is 11.0. The summed E-state index contributed by atoms with van der Waals surface area (Å²) in [5.74, 6) is 0.830. The van der Waals surface area contributed by atoms with E-state index in [4.69, 9.17) is 30.2 Å². The zero-order valence-corrected chi connectivity index (χ0v) is 22.1. The second kappa shape index (κ2) is 11.0. The molecule has 0 aliphatic carbocycles. The predicted octanol–water partition coefficient (Wildman–Crippen LogP) is 6.58. The molecule has 0 fully saturated rings. The topological polar surface area (TPSA) is 87.0 Å². The lowest BCUT2D eigenvalue weighted by Crippen LogP contribution is -2.23. The minimum atomic E-state index is -0.441. The molecule has 1 aromatic heterocycles. The van der Waals surface area contributed by atoms with Crippen LogP contribution in [0.15, 0.2) is 63.8 Å². The van der Waals surface area contributed by atoms with Crippen LogP contribution in [0.5, 0.6) is 17.2 Å². The second-order valence-electron chi connectivity index (χ2n) is 8.84. The smallest absolute Gasteiger partial charge is 0.262 e. The van der Waals surface area contributed by atoms with Crippen molar-refractivity contribution in [2.75, 3.05) is 26.1 Å². The first-order valence-corrected chi connectivity index (χ1v) is 12.1. The molecule has 1 heterocycles. The van der Waals surface area contributed by atoms with Crippen LogP contribution in [0.25, 0.3) is 22.3 Å². The van der Waals surface area contributed by atoms with Crippen LogP contribution in [-0.2, 0) is 4.79 Å². The minimum Gasteiger partial charge on any atom is -0.493 e. The highest BCUT2D eigenvalue weighted by molar-refractivity contribution is 6.32. The summed E-state index contributed by atoms with van der Waals surface area (Å²) in [4.78, 5) is 26.4. The van der Waals surface area contributed by atoms with Crippen LogP contribution >= 0.6 is 11.6 Å². The Morgan fingerprint density at radius 2 is 1.76 bits per heavy atom. The average Bonchev–Trinajstić information content (AvgIpc) is 2.89. The second-order valence-corrected chi connectivity index (χ2v) is 9.24. The zero-order chi connectivity index (χ0) is 26.7. The first kappa shape index (κ1) is 26.1. The van der Waals surface area contributed by atoms with Gasteiger partial charge in [0.05, 0.1) is 19.6 Å². The van der Waals surface area contributed by atoms with Crippen molar-refractivity contribution in [3.63, 3.8) is 0 Å². The van der Waals surface area contributed by atoms with Gasteiger partial charge in [0.1, 0.15) is 5.58 Å². The number of methoxy groups -OCH3 is 2. The van der Waals surface area contributed by atoms with Crippen molar-refractivity contribution in [2.24, 2.45) is 0 Å². The lowest BCUT2D eigenvalue weighted by atomic mass is 10.0. The van der Waals surface area contributed by atoms with Crippen molar-refractivity contribution in [3.05, 3.63) is 81.0 Å². The first-order valence-electron chi connectivity index (χ1n) is 11.7. The third kappa shape index (κ3) is 5.42. The van der Waals surface area contributed by atoms with E-state index >= 15 is 0 Å². The summed E-state index contributed by atoms with van der Waals surface area (Å²) < 4.78 is 22.7. The van der Waals surface area contributed by atoms with Gasteiger partial charge in [0, 0.05) is 16.3 Å². The number of fused-ring (bicyclic) bond motifs is 1. The van der Waals surface area contributed by atoms with Crippen LogP contribution in [-0.4, -0.2) is 26.7 Å². The molecule has 3 aromatic carbocycles. The number of amides is 1. The molecule has 0 atom stereocenters. The number of carbonyl (C=O) groups excluding carboxylic acids is 1. The van der Waals surface area contributed by atoms with E-state index in [0.29, 0.717) is 33.4 Å². The summed E-state index contributed by atoms with van der Waals surface area (Å²) in [5, 5.41) is 3.55. The SMILES string of the molecule is COc1ccc(-c2oc3cc(C)c(Cl)cc3c(=O)c2OCC(=O)Nc2ccccc2C(C)C)cc1OC. The summed E-state index contributed by atoms with van der Waals surface area (Å²) in [5.41, 5.74) is 2.87. The molecule has 0 spiro atoms. The molecule has 0 unspecified atom stereocenters. The van der Waals surface area contributed by atoms with Crippen molar-refractivity contribution < 1.29 is 23.4 Å². The number of hydrogen-bond acceptors (Lipinski definition) is 6. The maximum atomic E-state index is 13.5. The monoisotopic (exact) mass is 521 g/mol. The van der Waals surface area contributed by atoms with E-state index in [1.807, 2.05) is 45.0 Å². The van der Waals surface area contributed by atoms with Gasteiger partial charge in [-0.2, -0.15) is 0 Å². The molecule has 0 radical (unpaired) electrons. The van der Waals surface area contributed by atoms with Gasteiger partial charge in [-0.05, 0) is 60.4 Å². The maximum absolute atomic E-state index is 13.5. The van der Waals surface area contributed by atoms with Crippen LogP contribution in [0.2, 0.25) is 5.02 Å². The average molecular weight is 522 g/mol. The Kier molecular flexibility index (Phi) is 7.74. The standard InChI is InChI=1S/C29H28ClNO6/c1-16(2)19-8-6-7-9-22(19)31-26(32)15-36-29-27(33)20-14-21(30)17(3)12-24(20)37-28(29)18-10-11-23(34-4)25(13-18)35-5/h6-14,16H,15H2,1-5H3,(H,31,32). The van der Waals surface area contributed by atoms with Gasteiger partial charge < -0.3 is 23.9 Å².